The zero-order chi connectivity index (χ0) is 19.4. The van der Waals surface area contributed by atoms with Crippen molar-refractivity contribution in [2.24, 2.45) is 0 Å². The molecule has 144 valence electrons. The highest BCUT2D eigenvalue weighted by atomic mass is 32.2. The quantitative estimate of drug-likeness (QED) is 0.661. The van der Waals surface area contributed by atoms with Crippen LogP contribution in [0.1, 0.15) is 35.7 Å². The van der Waals surface area contributed by atoms with Gasteiger partial charge in [0.1, 0.15) is 11.6 Å². The van der Waals surface area contributed by atoms with E-state index in [9.17, 15) is 9.18 Å². The number of ether oxygens (including phenoxy) is 3. The monoisotopic (exact) mass is 390 g/mol. The van der Waals surface area contributed by atoms with Gasteiger partial charge < -0.3 is 14.2 Å². The Morgan fingerprint density at radius 1 is 1.11 bits per heavy atom. The largest absolute Gasteiger partial charge is 0.496 e. The Morgan fingerprint density at radius 2 is 1.85 bits per heavy atom. The van der Waals surface area contributed by atoms with E-state index in [1.165, 1.54) is 37.9 Å². The fraction of sp³-hybridized carbons (Fsp3) is 0.381. The summed E-state index contributed by atoms with van der Waals surface area (Å²) in [7, 11) is 3.19. The van der Waals surface area contributed by atoms with Crippen molar-refractivity contribution < 1.29 is 23.4 Å². The normalized spacial score (nSPS) is 16.1. The van der Waals surface area contributed by atoms with E-state index in [1.54, 1.807) is 19.2 Å². The van der Waals surface area contributed by atoms with Gasteiger partial charge in [-0.1, -0.05) is 11.8 Å². The van der Waals surface area contributed by atoms with Crippen molar-refractivity contribution in [2.45, 2.75) is 35.2 Å². The molecule has 6 heteroatoms. The van der Waals surface area contributed by atoms with E-state index >= 15 is 0 Å². The maximum absolute atomic E-state index is 14.3. The first-order valence-corrected chi connectivity index (χ1v) is 9.60. The van der Waals surface area contributed by atoms with Crippen LogP contribution in [-0.2, 0) is 15.1 Å². The number of carbonyl (C=O) groups is 1. The molecule has 0 unspecified atom stereocenters. The van der Waals surface area contributed by atoms with Crippen LogP contribution < -0.4 is 4.74 Å². The minimum absolute atomic E-state index is 0.0574. The first-order chi connectivity index (χ1) is 13.0. The van der Waals surface area contributed by atoms with Gasteiger partial charge in [0.25, 0.3) is 0 Å². The summed E-state index contributed by atoms with van der Waals surface area (Å²) >= 11 is 1.42. The molecule has 27 heavy (non-hydrogen) atoms. The average Bonchev–Trinajstić information content (AvgIpc) is 2.67. The predicted molar refractivity (Wildman–Crippen MR) is 102 cm³/mol. The second-order valence-electron chi connectivity index (χ2n) is 6.51. The molecule has 0 aliphatic carbocycles. The van der Waals surface area contributed by atoms with E-state index in [1.807, 2.05) is 12.1 Å². The van der Waals surface area contributed by atoms with Gasteiger partial charge in [-0.25, -0.2) is 4.39 Å². The number of hydrogen-bond acceptors (Lipinski definition) is 5. The van der Waals surface area contributed by atoms with Crippen LogP contribution in [0.15, 0.2) is 46.2 Å². The van der Waals surface area contributed by atoms with Crippen LogP contribution in [0.3, 0.4) is 0 Å². The molecule has 0 bridgehead atoms. The number of Topliss-reactive ketones (excluding diaryl/α,β-unsaturated/α-hetero) is 1. The summed E-state index contributed by atoms with van der Waals surface area (Å²) in [6.45, 7) is 2.69. The fourth-order valence-corrected chi connectivity index (χ4v) is 4.29. The lowest BCUT2D eigenvalue weighted by atomic mass is 9.86. The van der Waals surface area contributed by atoms with Crippen molar-refractivity contribution in [2.75, 3.05) is 27.4 Å². The third-order valence-electron chi connectivity index (χ3n) is 4.88. The van der Waals surface area contributed by atoms with Gasteiger partial charge in [0.2, 0.25) is 0 Å². The highest BCUT2D eigenvalue weighted by Gasteiger charge is 2.35. The zero-order valence-corrected chi connectivity index (χ0v) is 16.5. The Balaban J connectivity index is 1.92. The van der Waals surface area contributed by atoms with Crippen LogP contribution in [0.5, 0.6) is 5.75 Å². The fourth-order valence-electron chi connectivity index (χ4n) is 3.36. The van der Waals surface area contributed by atoms with Gasteiger partial charge in [-0.15, -0.1) is 0 Å². The van der Waals surface area contributed by atoms with Gasteiger partial charge in [-0.05, 0) is 48.9 Å². The molecule has 0 radical (unpaired) electrons. The molecule has 0 aromatic heterocycles. The summed E-state index contributed by atoms with van der Waals surface area (Å²) in [5.74, 6) is 0.158. The predicted octanol–water partition coefficient (Wildman–Crippen LogP) is 4.84. The summed E-state index contributed by atoms with van der Waals surface area (Å²) < 4.78 is 30.9. The van der Waals surface area contributed by atoms with Crippen LogP contribution in [-0.4, -0.2) is 33.2 Å². The summed E-state index contributed by atoms with van der Waals surface area (Å²) in [6, 6.07) is 10.4. The minimum Gasteiger partial charge on any atom is -0.496 e. The highest BCUT2D eigenvalue weighted by Crippen LogP contribution is 2.39. The standard InChI is InChI=1S/C21H23FO4S/c1-14(23)19-5-4-17(13-20(19)24-2)27-18-11-15(10-16(22)12-18)21(25-3)6-8-26-9-7-21/h4-5,10-13H,6-9H2,1-3H3. The number of ketones is 1. The molecule has 0 spiro atoms. The Bertz CT molecular complexity index is 831. The first-order valence-electron chi connectivity index (χ1n) is 8.78. The topological polar surface area (TPSA) is 44.8 Å². The lowest BCUT2D eigenvalue weighted by Crippen LogP contribution is -2.35. The first kappa shape index (κ1) is 19.9. The van der Waals surface area contributed by atoms with Crippen LogP contribution in [0.4, 0.5) is 4.39 Å². The van der Waals surface area contributed by atoms with Crippen molar-refractivity contribution in [1.82, 2.24) is 0 Å². The maximum Gasteiger partial charge on any atom is 0.163 e. The summed E-state index contributed by atoms with van der Waals surface area (Å²) in [5.41, 5.74) is 0.830. The maximum atomic E-state index is 14.3. The molecule has 0 N–H and O–H groups in total. The van der Waals surface area contributed by atoms with E-state index in [0.717, 1.165) is 15.4 Å². The van der Waals surface area contributed by atoms with Crippen LogP contribution >= 0.6 is 11.8 Å². The lowest BCUT2D eigenvalue weighted by molar-refractivity contribution is -0.0950. The number of hydrogen-bond donors (Lipinski definition) is 0. The van der Waals surface area contributed by atoms with Crippen LogP contribution in [0.2, 0.25) is 0 Å². The van der Waals surface area contributed by atoms with Gasteiger partial charge in [-0.2, -0.15) is 0 Å². The van der Waals surface area contributed by atoms with E-state index in [4.69, 9.17) is 14.2 Å². The SMILES string of the molecule is COc1cc(Sc2cc(F)cc(C3(OC)CCOCC3)c2)ccc1C(C)=O. The molecule has 0 amide bonds. The molecule has 4 nitrogen and oxygen atoms in total. The molecule has 2 aromatic rings. The average molecular weight is 390 g/mol. The van der Waals surface area contributed by atoms with Crippen molar-refractivity contribution >= 4 is 17.5 Å². The van der Waals surface area contributed by atoms with Gasteiger partial charge in [0, 0.05) is 43.0 Å². The van der Waals surface area contributed by atoms with Gasteiger partial charge >= 0.3 is 0 Å². The molecule has 1 aliphatic heterocycles. The van der Waals surface area contributed by atoms with Crippen LogP contribution in [0.25, 0.3) is 0 Å². The Kier molecular flexibility index (Phi) is 6.19. The molecular formula is C21H23FO4S. The van der Waals surface area contributed by atoms with Crippen LogP contribution in [0, 0.1) is 5.82 Å². The number of benzene rings is 2. The van der Waals surface area contributed by atoms with E-state index < -0.39 is 5.60 Å². The summed E-state index contributed by atoms with van der Waals surface area (Å²) in [6.07, 6.45) is 1.39. The van der Waals surface area contributed by atoms with Crippen molar-refractivity contribution in [3.8, 4) is 5.75 Å². The number of rotatable bonds is 6. The van der Waals surface area contributed by atoms with Crippen molar-refractivity contribution in [3.05, 3.63) is 53.3 Å². The van der Waals surface area contributed by atoms with Gasteiger partial charge in [0.15, 0.2) is 5.78 Å². The Morgan fingerprint density at radius 3 is 2.48 bits per heavy atom. The smallest absolute Gasteiger partial charge is 0.163 e. The highest BCUT2D eigenvalue weighted by molar-refractivity contribution is 7.99. The molecule has 1 heterocycles. The zero-order valence-electron chi connectivity index (χ0n) is 15.7. The van der Waals surface area contributed by atoms with Gasteiger partial charge in [-0.3, -0.25) is 4.79 Å². The van der Waals surface area contributed by atoms with E-state index in [-0.39, 0.29) is 11.6 Å². The molecular weight excluding hydrogens is 367 g/mol. The van der Waals surface area contributed by atoms with Crippen molar-refractivity contribution in [1.29, 1.82) is 0 Å². The Labute approximate surface area is 163 Å². The van der Waals surface area contributed by atoms with E-state index in [2.05, 4.69) is 0 Å². The number of carbonyl (C=O) groups excluding carboxylic acids is 1. The second kappa shape index (κ2) is 8.42. The van der Waals surface area contributed by atoms with E-state index in [0.29, 0.717) is 37.4 Å². The minimum atomic E-state index is -0.522. The Hall–Kier alpha value is -1.89. The van der Waals surface area contributed by atoms with Gasteiger partial charge in [0.05, 0.1) is 18.3 Å². The summed E-state index contributed by atoms with van der Waals surface area (Å²) in [4.78, 5) is 13.3. The lowest BCUT2D eigenvalue weighted by Gasteiger charge is -2.36. The summed E-state index contributed by atoms with van der Waals surface area (Å²) in [5, 5.41) is 0. The molecule has 0 atom stereocenters. The third-order valence-corrected chi connectivity index (χ3v) is 5.84. The molecule has 1 aliphatic rings. The molecule has 2 aromatic carbocycles. The number of halogens is 1. The molecule has 1 fully saturated rings. The molecule has 0 saturated carbocycles. The van der Waals surface area contributed by atoms with Crippen molar-refractivity contribution in [3.63, 3.8) is 0 Å². The third kappa shape index (κ3) is 4.34. The second-order valence-corrected chi connectivity index (χ2v) is 7.65. The number of methoxy groups -OCH3 is 2. The molecule has 3 rings (SSSR count). The molecule has 1 saturated heterocycles.